The van der Waals surface area contributed by atoms with Crippen molar-refractivity contribution in [1.29, 1.82) is 0 Å². The van der Waals surface area contributed by atoms with Gasteiger partial charge in [0.05, 0.1) is 10.6 Å². The van der Waals surface area contributed by atoms with Crippen LogP contribution in [0.15, 0.2) is 35.2 Å². The molecule has 15 heavy (non-hydrogen) atoms. The summed E-state index contributed by atoms with van der Waals surface area (Å²) in [6.45, 7) is 2.10. The van der Waals surface area contributed by atoms with Crippen LogP contribution in [0.5, 0.6) is 0 Å². The van der Waals surface area contributed by atoms with Crippen LogP contribution in [0.25, 0.3) is 0 Å². The first-order valence-electron chi connectivity index (χ1n) is 5.30. The fourth-order valence-corrected chi connectivity index (χ4v) is 2.55. The molecule has 1 aromatic carbocycles. The summed E-state index contributed by atoms with van der Waals surface area (Å²) in [6, 6.07) is 8.56. The van der Waals surface area contributed by atoms with Crippen LogP contribution in [-0.2, 0) is 9.84 Å². The van der Waals surface area contributed by atoms with Crippen LogP contribution in [0.4, 0.5) is 0 Å². The third-order valence-corrected chi connectivity index (χ3v) is 3.82. The van der Waals surface area contributed by atoms with Crippen molar-refractivity contribution in [1.82, 2.24) is 0 Å². The summed E-state index contributed by atoms with van der Waals surface area (Å²) in [5, 5.41) is 0. The standard InChI is InChI=1S/C12H17O2S/c1-2-3-4-8-11-15(13,14)12-9-6-5-7-10-12/h5-7,9-11H,2-4,8H2,1H3. The van der Waals surface area contributed by atoms with Crippen LogP contribution >= 0.6 is 0 Å². The molecular weight excluding hydrogens is 208 g/mol. The highest BCUT2D eigenvalue weighted by atomic mass is 32.2. The van der Waals surface area contributed by atoms with E-state index in [1.54, 1.807) is 24.3 Å². The molecule has 0 unspecified atom stereocenters. The fourth-order valence-electron chi connectivity index (χ4n) is 1.34. The van der Waals surface area contributed by atoms with E-state index in [9.17, 15) is 8.42 Å². The van der Waals surface area contributed by atoms with Crippen LogP contribution < -0.4 is 0 Å². The minimum absolute atomic E-state index is 0.390. The summed E-state index contributed by atoms with van der Waals surface area (Å²) in [5.41, 5.74) is 0. The number of benzene rings is 1. The summed E-state index contributed by atoms with van der Waals surface area (Å²) in [5.74, 6) is 1.43. The molecule has 0 aliphatic heterocycles. The van der Waals surface area contributed by atoms with Crippen molar-refractivity contribution >= 4 is 9.84 Å². The van der Waals surface area contributed by atoms with Crippen LogP contribution in [0, 0.1) is 5.75 Å². The molecule has 0 N–H and O–H groups in total. The highest BCUT2D eigenvalue weighted by Gasteiger charge is 2.12. The van der Waals surface area contributed by atoms with E-state index < -0.39 is 9.84 Å². The monoisotopic (exact) mass is 225 g/mol. The van der Waals surface area contributed by atoms with Crippen molar-refractivity contribution in [3.63, 3.8) is 0 Å². The minimum atomic E-state index is -3.17. The Morgan fingerprint density at radius 1 is 1.13 bits per heavy atom. The normalized spacial score (nSPS) is 11.5. The van der Waals surface area contributed by atoms with Crippen LogP contribution in [-0.4, -0.2) is 8.42 Å². The lowest BCUT2D eigenvalue weighted by molar-refractivity contribution is 0.597. The molecule has 1 rings (SSSR count). The molecule has 0 bridgehead atoms. The predicted molar refractivity (Wildman–Crippen MR) is 62.1 cm³/mol. The second kappa shape index (κ2) is 5.91. The van der Waals surface area contributed by atoms with Gasteiger partial charge < -0.3 is 0 Å². The SMILES string of the molecule is CCCCC[CH]S(=O)(=O)c1ccccc1. The number of unbranched alkanes of at least 4 members (excludes halogenated alkanes) is 3. The van der Waals surface area contributed by atoms with E-state index >= 15 is 0 Å². The molecule has 0 aliphatic rings. The van der Waals surface area contributed by atoms with E-state index in [1.807, 2.05) is 6.07 Å². The molecule has 0 heterocycles. The second-order valence-corrected chi connectivity index (χ2v) is 5.42. The Labute approximate surface area is 92.2 Å². The van der Waals surface area contributed by atoms with E-state index in [-0.39, 0.29) is 0 Å². The van der Waals surface area contributed by atoms with E-state index in [0.717, 1.165) is 19.3 Å². The largest absolute Gasteiger partial charge is 0.223 e. The zero-order valence-electron chi connectivity index (χ0n) is 9.02. The number of sulfone groups is 1. The Morgan fingerprint density at radius 3 is 2.40 bits per heavy atom. The van der Waals surface area contributed by atoms with Gasteiger partial charge in [-0.05, 0) is 18.6 Å². The van der Waals surface area contributed by atoms with Gasteiger partial charge >= 0.3 is 0 Å². The van der Waals surface area contributed by atoms with E-state index in [2.05, 4.69) is 6.92 Å². The molecular formula is C12H17O2S. The molecule has 83 valence electrons. The highest BCUT2D eigenvalue weighted by molar-refractivity contribution is 7.93. The molecule has 0 fully saturated rings. The third-order valence-electron chi connectivity index (χ3n) is 2.22. The minimum Gasteiger partial charge on any atom is -0.223 e. The highest BCUT2D eigenvalue weighted by Crippen LogP contribution is 2.16. The van der Waals surface area contributed by atoms with Gasteiger partial charge in [-0.25, -0.2) is 8.42 Å². The van der Waals surface area contributed by atoms with Gasteiger partial charge in [0.1, 0.15) is 0 Å². The molecule has 0 amide bonds. The summed E-state index contributed by atoms with van der Waals surface area (Å²) in [6.07, 6.45) is 3.79. The van der Waals surface area contributed by atoms with Crippen molar-refractivity contribution in [3.8, 4) is 0 Å². The van der Waals surface area contributed by atoms with Crippen molar-refractivity contribution in [3.05, 3.63) is 36.1 Å². The fraction of sp³-hybridized carbons (Fsp3) is 0.417. The van der Waals surface area contributed by atoms with E-state index in [4.69, 9.17) is 0 Å². The molecule has 2 nitrogen and oxygen atoms in total. The molecule has 0 saturated carbocycles. The van der Waals surface area contributed by atoms with Crippen molar-refractivity contribution in [2.45, 2.75) is 37.5 Å². The first-order chi connectivity index (χ1) is 7.17. The smallest absolute Gasteiger partial charge is 0.182 e. The predicted octanol–water partition coefficient (Wildman–Crippen LogP) is 3.20. The first-order valence-corrected chi connectivity index (χ1v) is 6.85. The lowest BCUT2D eigenvalue weighted by Crippen LogP contribution is -2.01. The molecule has 0 saturated heterocycles. The van der Waals surface area contributed by atoms with Crippen LogP contribution in [0.2, 0.25) is 0 Å². The number of hydrogen-bond acceptors (Lipinski definition) is 2. The summed E-state index contributed by atoms with van der Waals surface area (Å²) < 4.78 is 23.5. The molecule has 3 heteroatoms. The molecule has 1 aromatic rings. The Hall–Kier alpha value is -0.830. The quantitative estimate of drug-likeness (QED) is 0.697. The molecule has 0 aliphatic carbocycles. The zero-order chi connectivity index (χ0) is 11.1. The molecule has 0 aromatic heterocycles. The van der Waals surface area contributed by atoms with Gasteiger partial charge in [-0.2, -0.15) is 0 Å². The Morgan fingerprint density at radius 2 is 1.80 bits per heavy atom. The third kappa shape index (κ3) is 4.04. The lowest BCUT2D eigenvalue weighted by Gasteiger charge is -2.02. The lowest BCUT2D eigenvalue weighted by atomic mass is 10.2. The molecule has 1 radical (unpaired) electrons. The van der Waals surface area contributed by atoms with Gasteiger partial charge in [0, 0.05) is 0 Å². The van der Waals surface area contributed by atoms with E-state index in [1.165, 1.54) is 5.75 Å². The topological polar surface area (TPSA) is 34.1 Å². The van der Waals surface area contributed by atoms with Gasteiger partial charge in [-0.1, -0.05) is 44.4 Å². The first kappa shape index (κ1) is 12.2. The van der Waals surface area contributed by atoms with Crippen LogP contribution in [0.1, 0.15) is 32.6 Å². The average Bonchev–Trinajstić information content (AvgIpc) is 2.26. The number of hydrogen-bond donors (Lipinski definition) is 0. The van der Waals surface area contributed by atoms with Crippen LogP contribution in [0.3, 0.4) is 0 Å². The van der Waals surface area contributed by atoms with Crippen molar-refractivity contribution < 1.29 is 8.42 Å². The Balaban J connectivity index is 2.53. The second-order valence-electron chi connectivity index (χ2n) is 3.52. The maximum absolute atomic E-state index is 11.7. The summed E-state index contributed by atoms with van der Waals surface area (Å²) >= 11 is 0. The Bertz CT molecular complexity index is 368. The van der Waals surface area contributed by atoms with Crippen molar-refractivity contribution in [2.75, 3.05) is 0 Å². The van der Waals surface area contributed by atoms with Gasteiger partial charge in [0.2, 0.25) is 0 Å². The maximum Gasteiger partial charge on any atom is 0.182 e. The van der Waals surface area contributed by atoms with E-state index in [0.29, 0.717) is 11.3 Å². The van der Waals surface area contributed by atoms with Gasteiger partial charge in [-0.3, -0.25) is 0 Å². The maximum atomic E-state index is 11.7. The van der Waals surface area contributed by atoms with Crippen molar-refractivity contribution in [2.24, 2.45) is 0 Å². The summed E-state index contributed by atoms with van der Waals surface area (Å²) in [7, 11) is -3.17. The molecule has 0 atom stereocenters. The zero-order valence-corrected chi connectivity index (χ0v) is 9.83. The summed E-state index contributed by atoms with van der Waals surface area (Å²) in [4.78, 5) is 0.390. The average molecular weight is 225 g/mol. The van der Waals surface area contributed by atoms with Gasteiger partial charge in [-0.15, -0.1) is 0 Å². The molecule has 0 spiro atoms. The Kier molecular flexibility index (Phi) is 4.82. The van der Waals surface area contributed by atoms with Gasteiger partial charge in [0.25, 0.3) is 0 Å². The van der Waals surface area contributed by atoms with Gasteiger partial charge in [0.15, 0.2) is 9.84 Å². The number of rotatable bonds is 6.